The maximum Gasteiger partial charge on any atom is 0.265 e. The van der Waals surface area contributed by atoms with Gasteiger partial charge in [0, 0.05) is 10.7 Å². The Bertz CT molecular complexity index is 655. The van der Waals surface area contributed by atoms with Crippen LogP contribution in [0.1, 0.15) is 18.1 Å². The summed E-state index contributed by atoms with van der Waals surface area (Å²) in [5.74, 6) is 0.382. The van der Waals surface area contributed by atoms with Crippen molar-refractivity contribution in [1.29, 1.82) is 0 Å². The van der Waals surface area contributed by atoms with Crippen LogP contribution in [0.2, 0.25) is 5.02 Å². The summed E-state index contributed by atoms with van der Waals surface area (Å²) in [6.45, 7) is 5.69. The van der Waals surface area contributed by atoms with Crippen LogP contribution in [0.25, 0.3) is 0 Å². The molecule has 0 heterocycles. The van der Waals surface area contributed by atoms with E-state index in [-0.39, 0.29) is 5.91 Å². The first-order valence-electron chi connectivity index (χ1n) is 6.76. The monoisotopic (exact) mass is 303 g/mol. The minimum absolute atomic E-state index is 0.193. The van der Waals surface area contributed by atoms with Crippen LogP contribution in [0.5, 0.6) is 5.75 Å². The van der Waals surface area contributed by atoms with E-state index in [1.807, 2.05) is 32.0 Å². The van der Waals surface area contributed by atoms with Gasteiger partial charge < -0.3 is 10.1 Å². The summed E-state index contributed by atoms with van der Waals surface area (Å²) in [6.07, 6.45) is -0.607. The van der Waals surface area contributed by atoms with E-state index in [4.69, 9.17) is 16.3 Å². The van der Waals surface area contributed by atoms with E-state index in [2.05, 4.69) is 5.32 Å². The van der Waals surface area contributed by atoms with Crippen molar-refractivity contribution in [2.24, 2.45) is 0 Å². The number of halogens is 1. The second-order valence-corrected chi connectivity index (χ2v) is 5.46. The maximum atomic E-state index is 12.2. The van der Waals surface area contributed by atoms with Gasteiger partial charge in [-0.1, -0.05) is 35.4 Å². The number of benzene rings is 2. The third-order valence-electron chi connectivity index (χ3n) is 3.12. The number of hydrogen-bond donors (Lipinski definition) is 1. The van der Waals surface area contributed by atoms with Gasteiger partial charge in [-0.2, -0.15) is 0 Å². The Hall–Kier alpha value is -2.00. The van der Waals surface area contributed by atoms with Crippen molar-refractivity contribution in [3.05, 3.63) is 58.6 Å². The Morgan fingerprint density at radius 3 is 2.62 bits per heavy atom. The second-order valence-electron chi connectivity index (χ2n) is 5.03. The molecular weight excluding hydrogens is 286 g/mol. The molecule has 0 spiro atoms. The van der Waals surface area contributed by atoms with Crippen molar-refractivity contribution in [3.8, 4) is 5.75 Å². The fraction of sp³-hybridized carbons (Fsp3) is 0.235. The second kappa shape index (κ2) is 6.64. The lowest BCUT2D eigenvalue weighted by atomic mass is 10.1. The van der Waals surface area contributed by atoms with E-state index in [1.54, 1.807) is 31.2 Å². The molecule has 2 rings (SSSR count). The summed E-state index contributed by atoms with van der Waals surface area (Å²) in [5, 5.41) is 3.45. The molecule has 1 atom stereocenters. The Labute approximate surface area is 129 Å². The third-order valence-corrected chi connectivity index (χ3v) is 3.35. The van der Waals surface area contributed by atoms with Crippen LogP contribution >= 0.6 is 11.6 Å². The number of nitrogens with one attached hydrogen (secondary N) is 1. The standard InChI is InChI=1S/C17H18ClNO2/c1-11-7-8-16(12(2)9-11)19-17(20)13(3)21-15-6-4-5-14(18)10-15/h4-10,13H,1-3H3,(H,19,20). The number of carbonyl (C=O) groups is 1. The van der Waals surface area contributed by atoms with E-state index < -0.39 is 6.10 Å². The third kappa shape index (κ3) is 4.23. The highest BCUT2D eigenvalue weighted by atomic mass is 35.5. The van der Waals surface area contributed by atoms with Gasteiger partial charge in [0.1, 0.15) is 5.75 Å². The van der Waals surface area contributed by atoms with Crippen molar-refractivity contribution in [3.63, 3.8) is 0 Å². The molecule has 1 N–H and O–H groups in total. The lowest BCUT2D eigenvalue weighted by Crippen LogP contribution is -2.30. The van der Waals surface area contributed by atoms with Gasteiger partial charge in [0.2, 0.25) is 0 Å². The highest BCUT2D eigenvalue weighted by Gasteiger charge is 2.15. The van der Waals surface area contributed by atoms with Crippen molar-refractivity contribution >= 4 is 23.2 Å². The van der Waals surface area contributed by atoms with Crippen molar-refractivity contribution in [2.45, 2.75) is 26.9 Å². The molecule has 0 aliphatic rings. The van der Waals surface area contributed by atoms with E-state index in [0.29, 0.717) is 10.8 Å². The number of carbonyl (C=O) groups excluding carboxylic acids is 1. The Balaban J connectivity index is 2.02. The van der Waals surface area contributed by atoms with Crippen LogP contribution in [0.15, 0.2) is 42.5 Å². The van der Waals surface area contributed by atoms with Crippen LogP contribution in [0, 0.1) is 13.8 Å². The zero-order chi connectivity index (χ0) is 15.4. The van der Waals surface area contributed by atoms with Gasteiger partial charge in [0.25, 0.3) is 5.91 Å². The molecule has 0 fully saturated rings. The largest absolute Gasteiger partial charge is 0.481 e. The number of anilines is 1. The minimum atomic E-state index is -0.607. The van der Waals surface area contributed by atoms with E-state index in [1.165, 1.54) is 0 Å². The van der Waals surface area contributed by atoms with Crippen LogP contribution in [-0.4, -0.2) is 12.0 Å². The van der Waals surface area contributed by atoms with Gasteiger partial charge in [0.15, 0.2) is 6.10 Å². The van der Waals surface area contributed by atoms with Gasteiger partial charge in [-0.15, -0.1) is 0 Å². The number of ether oxygens (including phenoxy) is 1. The van der Waals surface area contributed by atoms with Crippen molar-refractivity contribution in [1.82, 2.24) is 0 Å². The molecule has 0 saturated carbocycles. The van der Waals surface area contributed by atoms with Crippen molar-refractivity contribution in [2.75, 3.05) is 5.32 Å². The Morgan fingerprint density at radius 2 is 1.95 bits per heavy atom. The molecular formula is C17H18ClNO2. The van der Waals surface area contributed by atoms with Crippen LogP contribution in [0.4, 0.5) is 5.69 Å². The lowest BCUT2D eigenvalue weighted by Gasteiger charge is -2.16. The summed E-state index contributed by atoms with van der Waals surface area (Å²) in [6, 6.07) is 12.9. The first-order chi connectivity index (χ1) is 9.95. The smallest absolute Gasteiger partial charge is 0.265 e. The van der Waals surface area contributed by atoms with Crippen molar-refractivity contribution < 1.29 is 9.53 Å². The first kappa shape index (κ1) is 15.4. The van der Waals surface area contributed by atoms with Crippen LogP contribution < -0.4 is 10.1 Å². The molecule has 3 nitrogen and oxygen atoms in total. The topological polar surface area (TPSA) is 38.3 Å². The summed E-state index contributed by atoms with van der Waals surface area (Å²) >= 11 is 5.89. The molecule has 0 aliphatic heterocycles. The first-order valence-corrected chi connectivity index (χ1v) is 7.14. The van der Waals surface area contributed by atoms with Gasteiger partial charge in [-0.3, -0.25) is 4.79 Å². The Morgan fingerprint density at radius 1 is 1.19 bits per heavy atom. The Kier molecular flexibility index (Phi) is 4.86. The molecule has 0 saturated heterocycles. The number of rotatable bonds is 4. The molecule has 21 heavy (non-hydrogen) atoms. The molecule has 4 heteroatoms. The zero-order valence-electron chi connectivity index (χ0n) is 12.3. The zero-order valence-corrected chi connectivity index (χ0v) is 13.1. The van der Waals surface area contributed by atoms with Gasteiger partial charge >= 0.3 is 0 Å². The number of aryl methyl sites for hydroxylation is 2. The molecule has 1 amide bonds. The highest BCUT2D eigenvalue weighted by molar-refractivity contribution is 6.30. The molecule has 2 aromatic rings. The predicted octanol–water partition coefficient (Wildman–Crippen LogP) is 4.36. The molecule has 1 unspecified atom stereocenters. The SMILES string of the molecule is Cc1ccc(NC(=O)C(C)Oc2cccc(Cl)c2)c(C)c1. The van der Waals surface area contributed by atoms with E-state index >= 15 is 0 Å². The summed E-state index contributed by atoms with van der Waals surface area (Å²) in [4.78, 5) is 12.2. The summed E-state index contributed by atoms with van der Waals surface area (Å²) < 4.78 is 5.60. The average molecular weight is 304 g/mol. The summed E-state index contributed by atoms with van der Waals surface area (Å²) in [5.41, 5.74) is 2.99. The fourth-order valence-corrected chi connectivity index (χ4v) is 2.17. The fourth-order valence-electron chi connectivity index (χ4n) is 1.99. The van der Waals surface area contributed by atoms with Gasteiger partial charge in [-0.25, -0.2) is 0 Å². The molecule has 110 valence electrons. The van der Waals surface area contributed by atoms with E-state index in [0.717, 1.165) is 16.8 Å². The van der Waals surface area contributed by atoms with E-state index in [9.17, 15) is 4.79 Å². The molecule has 0 aromatic heterocycles. The maximum absolute atomic E-state index is 12.2. The van der Waals surface area contributed by atoms with Crippen LogP contribution in [-0.2, 0) is 4.79 Å². The normalized spacial score (nSPS) is 11.8. The number of amides is 1. The number of hydrogen-bond acceptors (Lipinski definition) is 2. The van der Waals surface area contributed by atoms with Gasteiger partial charge in [0.05, 0.1) is 0 Å². The quantitative estimate of drug-likeness (QED) is 0.911. The molecule has 0 aliphatic carbocycles. The lowest BCUT2D eigenvalue weighted by molar-refractivity contribution is -0.122. The molecule has 0 bridgehead atoms. The molecule has 2 aromatic carbocycles. The predicted molar refractivity (Wildman–Crippen MR) is 86.1 cm³/mol. The minimum Gasteiger partial charge on any atom is -0.481 e. The van der Waals surface area contributed by atoms with Crippen LogP contribution in [0.3, 0.4) is 0 Å². The highest BCUT2D eigenvalue weighted by Crippen LogP contribution is 2.20. The average Bonchev–Trinajstić information content (AvgIpc) is 2.41. The summed E-state index contributed by atoms with van der Waals surface area (Å²) in [7, 11) is 0. The molecule has 0 radical (unpaired) electrons. The van der Waals surface area contributed by atoms with Gasteiger partial charge in [-0.05, 0) is 50.6 Å².